The first-order valence-corrected chi connectivity index (χ1v) is 10.2. The highest BCUT2D eigenvalue weighted by Crippen LogP contribution is 2.27. The third kappa shape index (κ3) is 4.14. The molecule has 0 radical (unpaired) electrons. The predicted octanol–water partition coefficient (Wildman–Crippen LogP) is 5.91. The van der Waals surface area contributed by atoms with Crippen molar-refractivity contribution in [1.29, 1.82) is 0 Å². The summed E-state index contributed by atoms with van der Waals surface area (Å²) in [6.07, 6.45) is 1.73. The fourth-order valence-corrected chi connectivity index (χ4v) is 3.76. The van der Waals surface area contributed by atoms with Crippen molar-refractivity contribution < 1.29 is 4.79 Å². The average Bonchev–Trinajstić information content (AvgIpc) is 2.75. The van der Waals surface area contributed by atoms with Crippen LogP contribution in [-0.4, -0.2) is 18.2 Å². The molecule has 1 unspecified atom stereocenters. The van der Waals surface area contributed by atoms with Crippen LogP contribution in [0.15, 0.2) is 77.9 Å². The molecule has 0 fully saturated rings. The van der Waals surface area contributed by atoms with Gasteiger partial charge in [0, 0.05) is 16.3 Å². The molecule has 150 valence electrons. The van der Waals surface area contributed by atoms with Gasteiger partial charge < -0.3 is 5.32 Å². The second-order valence-corrected chi connectivity index (χ2v) is 7.73. The molecule has 4 aromatic carbocycles. The Balaban J connectivity index is 1.55. The van der Waals surface area contributed by atoms with Crippen LogP contribution < -0.4 is 10.7 Å². The molecular formula is C25H22ClN3O. The predicted molar refractivity (Wildman–Crippen MR) is 126 cm³/mol. The van der Waals surface area contributed by atoms with Crippen molar-refractivity contribution in [1.82, 2.24) is 5.43 Å². The molecule has 0 bridgehead atoms. The van der Waals surface area contributed by atoms with E-state index in [4.69, 9.17) is 11.6 Å². The molecule has 1 atom stereocenters. The molecule has 4 rings (SSSR count). The minimum Gasteiger partial charge on any atom is -0.374 e. The van der Waals surface area contributed by atoms with E-state index in [0.717, 1.165) is 38.4 Å². The van der Waals surface area contributed by atoms with Crippen molar-refractivity contribution in [3.8, 4) is 0 Å². The molecule has 4 aromatic rings. The molecule has 0 aliphatic heterocycles. The molecule has 0 aromatic heterocycles. The molecule has 0 spiro atoms. The van der Waals surface area contributed by atoms with Gasteiger partial charge in [-0.05, 0) is 65.2 Å². The lowest BCUT2D eigenvalue weighted by Gasteiger charge is -2.15. The van der Waals surface area contributed by atoms with Gasteiger partial charge in [0.1, 0.15) is 6.04 Å². The van der Waals surface area contributed by atoms with Gasteiger partial charge >= 0.3 is 0 Å². The van der Waals surface area contributed by atoms with Crippen LogP contribution in [0.5, 0.6) is 0 Å². The van der Waals surface area contributed by atoms with Crippen molar-refractivity contribution in [3.05, 3.63) is 88.9 Å². The molecule has 5 heteroatoms. The maximum atomic E-state index is 12.5. The first-order chi connectivity index (χ1) is 14.5. The number of anilines is 1. The Morgan fingerprint density at radius 2 is 1.60 bits per heavy atom. The van der Waals surface area contributed by atoms with Gasteiger partial charge in [0.15, 0.2) is 0 Å². The van der Waals surface area contributed by atoms with Crippen molar-refractivity contribution in [2.75, 3.05) is 5.32 Å². The summed E-state index contributed by atoms with van der Waals surface area (Å²) in [5.74, 6) is -0.217. The zero-order chi connectivity index (χ0) is 21.1. The molecule has 0 aliphatic rings. The maximum absolute atomic E-state index is 12.5. The number of hydrazone groups is 1. The third-order valence-corrected chi connectivity index (χ3v) is 5.37. The highest BCUT2D eigenvalue weighted by molar-refractivity contribution is 6.30. The van der Waals surface area contributed by atoms with Gasteiger partial charge in [-0.3, -0.25) is 4.79 Å². The normalized spacial score (nSPS) is 12.4. The van der Waals surface area contributed by atoms with Gasteiger partial charge in [0.2, 0.25) is 0 Å². The minimum absolute atomic E-state index is 0.217. The van der Waals surface area contributed by atoms with Crippen LogP contribution in [0.1, 0.15) is 18.1 Å². The van der Waals surface area contributed by atoms with E-state index in [-0.39, 0.29) is 5.91 Å². The molecule has 1 amide bonds. The van der Waals surface area contributed by atoms with E-state index in [2.05, 4.69) is 46.2 Å². The number of nitrogens with one attached hydrogen (secondary N) is 2. The maximum Gasteiger partial charge on any atom is 0.262 e. The van der Waals surface area contributed by atoms with E-state index in [1.165, 1.54) is 0 Å². The number of carbonyl (C=O) groups is 1. The number of benzene rings is 4. The zero-order valence-corrected chi connectivity index (χ0v) is 17.6. The number of amides is 1. The van der Waals surface area contributed by atoms with E-state index in [0.29, 0.717) is 5.02 Å². The van der Waals surface area contributed by atoms with Crippen LogP contribution in [0.2, 0.25) is 5.02 Å². The van der Waals surface area contributed by atoms with Gasteiger partial charge in [-0.15, -0.1) is 0 Å². The number of fused-ring (bicyclic) bond motifs is 2. The second-order valence-electron chi connectivity index (χ2n) is 7.29. The molecule has 30 heavy (non-hydrogen) atoms. The van der Waals surface area contributed by atoms with Crippen LogP contribution in [-0.2, 0) is 4.79 Å². The van der Waals surface area contributed by atoms with Crippen LogP contribution in [0.3, 0.4) is 0 Å². The number of carbonyl (C=O) groups excluding carboxylic acids is 1. The standard InChI is InChI=1S/C25H22ClN3O/c1-16-13-20(26)11-12-24(16)28-17(2)25(30)29-27-15-23-21-9-5-3-7-18(21)14-19-8-4-6-10-22(19)23/h3-15,17,28H,1-2H3,(H,29,30). The summed E-state index contributed by atoms with van der Waals surface area (Å²) in [6.45, 7) is 3.74. The van der Waals surface area contributed by atoms with Gasteiger partial charge in [-0.2, -0.15) is 5.10 Å². The number of hydrogen-bond donors (Lipinski definition) is 2. The Hall–Kier alpha value is -3.37. The Morgan fingerprint density at radius 3 is 2.23 bits per heavy atom. The number of aryl methyl sites for hydroxylation is 1. The van der Waals surface area contributed by atoms with Crippen LogP contribution in [0.25, 0.3) is 21.5 Å². The first kappa shape index (κ1) is 19.9. The molecule has 0 aliphatic carbocycles. The Bertz CT molecular complexity index is 1210. The fraction of sp³-hybridized carbons (Fsp3) is 0.120. The molecule has 0 saturated heterocycles. The van der Waals surface area contributed by atoms with E-state index >= 15 is 0 Å². The fourth-order valence-electron chi connectivity index (χ4n) is 3.53. The smallest absolute Gasteiger partial charge is 0.262 e. The van der Waals surface area contributed by atoms with Gasteiger partial charge in [-0.1, -0.05) is 60.1 Å². The van der Waals surface area contributed by atoms with Crippen LogP contribution >= 0.6 is 11.6 Å². The van der Waals surface area contributed by atoms with Crippen molar-refractivity contribution >= 4 is 51.0 Å². The average molecular weight is 416 g/mol. The first-order valence-electron chi connectivity index (χ1n) is 9.79. The third-order valence-electron chi connectivity index (χ3n) is 5.14. The molecular weight excluding hydrogens is 394 g/mol. The van der Waals surface area contributed by atoms with Crippen molar-refractivity contribution in [3.63, 3.8) is 0 Å². The van der Waals surface area contributed by atoms with Gasteiger partial charge in [0.25, 0.3) is 5.91 Å². The highest BCUT2D eigenvalue weighted by atomic mass is 35.5. The zero-order valence-electron chi connectivity index (χ0n) is 16.8. The second kappa shape index (κ2) is 8.56. The van der Waals surface area contributed by atoms with Gasteiger partial charge in [0.05, 0.1) is 6.21 Å². The Labute approximate surface area is 180 Å². The summed E-state index contributed by atoms with van der Waals surface area (Å²) in [7, 11) is 0. The summed E-state index contributed by atoms with van der Waals surface area (Å²) >= 11 is 6.00. The minimum atomic E-state index is -0.453. The van der Waals surface area contributed by atoms with E-state index in [1.807, 2.05) is 43.3 Å². The Kier molecular flexibility index (Phi) is 5.68. The SMILES string of the molecule is Cc1cc(Cl)ccc1NC(C)C(=O)NN=Cc1c2ccccc2cc2ccccc12. The highest BCUT2D eigenvalue weighted by Gasteiger charge is 2.13. The van der Waals surface area contributed by atoms with Crippen LogP contribution in [0, 0.1) is 6.92 Å². The molecule has 0 heterocycles. The number of halogens is 1. The number of rotatable bonds is 5. The topological polar surface area (TPSA) is 53.5 Å². The summed E-state index contributed by atoms with van der Waals surface area (Å²) in [4.78, 5) is 12.5. The summed E-state index contributed by atoms with van der Waals surface area (Å²) in [5, 5.41) is 12.6. The summed E-state index contributed by atoms with van der Waals surface area (Å²) in [6, 6.07) is 23.6. The van der Waals surface area contributed by atoms with Crippen molar-refractivity contribution in [2.24, 2.45) is 5.10 Å². The van der Waals surface area contributed by atoms with E-state index < -0.39 is 6.04 Å². The number of hydrogen-bond acceptors (Lipinski definition) is 3. The van der Waals surface area contributed by atoms with Crippen LogP contribution in [0.4, 0.5) is 5.69 Å². The molecule has 2 N–H and O–H groups in total. The number of nitrogens with zero attached hydrogens (tertiary/aromatic N) is 1. The van der Waals surface area contributed by atoms with E-state index in [9.17, 15) is 4.79 Å². The monoisotopic (exact) mass is 415 g/mol. The van der Waals surface area contributed by atoms with Crippen molar-refractivity contribution in [2.45, 2.75) is 19.9 Å². The lowest BCUT2D eigenvalue weighted by molar-refractivity contribution is -0.121. The van der Waals surface area contributed by atoms with Gasteiger partial charge in [-0.25, -0.2) is 5.43 Å². The summed E-state index contributed by atoms with van der Waals surface area (Å²) in [5.41, 5.74) is 5.48. The lowest BCUT2D eigenvalue weighted by atomic mass is 9.97. The quantitative estimate of drug-likeness (QED) is 0.242. The summed E-state index contributed by atoms with van der Waals surface area (Å²) < 4.78 is 0. The lowest BCUT2D eigenvalue weighted by Crippen LogP contribution is -2.35. The molecule has 0 saturated carbocycles. The largest absolute Gasteiger partial charge is 0.374 e. The van der Waals surface area contributed by atoms with E-state index in [1.54, 1.807) is 19.2 Å². The Morgan fingerprint density at radius 1 is 0.967 bits per heavy atom. The molecule has 4 nitrogen and oxygen atoms in total.